The number of amides is 3. The lowest BCUT2D eigenvalue weighted by Gasteiger charge is -2.37. The highest BCUT2D eigenvalue weighted by atomic mass is 16.6. The third kappa shape index (κ3) is 2.33. The minimum Gasteiger partial charge on any atom is -0.324 e. The monoisotopic (exact) mass is 381 g/mol. The summed E-state index contributed by atoms with van der Waals surface area (Å²) in [6.07, 6.45) is 5.25. The second-order valence-electron chi connectivity index (χ2n) is 8.22. The maximum absolute atomic E-state index is 12.9. The van der Waals surface area contributed by atoms with Crippen molar-refractivity contribution in [2.24, 2.45) is 35.5 Å². The molecule has 4 aliphatic carbocycles. The number of allylic oxidation sites excluding steroid dienone is 2. The van der Waals surface area contributed by atoms with E-state index in [2.05, 4.69) is 17.5 Å². The highest BCUT2D eigenvalue weighted by Crippen LogP contribution is 2.65. The molecule has 5 aliphatic rings. The van der Waals surface area contributed by atoms with Crippen LogP contribution in [-0.4, -0.2) is 34.1 Å². The lowest BCUT2D eigenvalue weighted by Crippen LogP contribution is -2.40. The van der Waals surface area contributed by atoms with Crippen LogP contribution in [0.15, 0.2) is 30.4 Å². The summed E-state index contributed by atoms with van der Waals surface area (Å²) in [5.74, 6) is -0.476. The van der Waals surface area contributed by atoms with E-state index < -0.39 is 10.8 Å². The predicted molar refractivity (Wildman–Crippen MR) is 97.9 cm³/mol. The topological polar surface area (TPSA) is 110 Å². The lowest BCUT2D eigenvalue weighted by atomic mass is 9.63. The molecule has 8 heteroatoms. The van der Waals surface area contributed by atoms with E-state index in [4.69, 9.17) is 0 Å². The summed E-state index contributed by atoms with van der Waals surface area (Å²) in [4.78, 5) is 49.8. The summed E-state index contributed by atoms with van der Waals surface area (Å²) in [7, 11) is 0. The molecule has 2 bridgehead atoms. The molecule has 144 valence electrons. The van der Waals surface area contributed by atoms with Gasteiger partial charge in [0.15, 0.2) is 0 Å². The molecule has 1 aliphatic heterocycles. The molecule has 8 nitrogen and oxygen atoms in total. The second-order valence-corrected chi connectivity index (χ2v) is 8.22. The third-order valence-electron chi connectivity index (χ3n) is 6.75. The number of nitrogens with one attached hydrogen (secondary N) is 1. The largest absolute Gasteiger partial charge is 0.324 e. The van der Waals surface area contributed by atoms with Gasteiger partial charge in [-0.2, -0.15) is 0 Å². The first-order valence-corrected chi connectivity index (χ1v) is 9.45. The number of anilines is 1. The Morgan fingerprint density at radius 2 is 1.79 bits per heavy atom. The number of carbonyl (C=O) groups excluding carboxylic acids is 3. The number of nitro benzene ring substituents is 1. The summed E-state index contributed by atoms with van der Waals surface area (Å²) in [5.41, 5.74) is 0.652. The van der Waals surface area contributed by atoms with Crippen LogP contribution in [0.25, 0.3) is 0 Å². The van der Waals surface area contributed by atoms with Crippen molar-refractivity contribution in [3.05, 3.63) is 46.0 Å². The molecule has 6 atom stereocenters. The molecule has 0 radical (unpaired) electrons. The number of imide groups is 1. The van der Waals surface area contributed by atoms with Gasteiger partial charge in [0.25, 0.3) is 5.69 Å². The smallest absolute Gasteiger partial charge is 0.274 e. The van der Waals surface area contributed by atoms with E-state index in [1.807, 2.05) is 0 Å². The highest BCUT2D eigenvalue weighted by molar-refractivity contribution is 6.09. The fourth-order valence-corrected chi connectivity index (χ4v) is 5.40. The van der Waals surface area contributed by atoms with Gasteiger partial charge in [0.2, 0.25) is 17.7 Å². The first-order chi connectivity index (χ1) is 13.4. The van der Waals surface area contributed by atoms with E-state index >= 15 is 0 Å². The molecule has 1 aromatic rings. The van der Waals surface area contributed by atoms with Crippen LogP contribution >= 0.6 is 0 Å². The van der Waals surface area contributed by atoms with Gasteiger partial charge < -0.3 is 5.32 Å². The minimum absolute atomic E-state index is 0.0981. The van der Waals surface area contributed by atoms with E-state index in [0.29, 0.717) is 17.4 Å². The normalized spacial score (nSPS) is 34.2. The molecule has 3 fully saturated rings. The molecule has 28 heavy (non-hydrogen) atoms. The number of nitrogens with zero attached hydrogens (tertiary/aromatic N) is 2. The number of benzene rings is 1. The van der Waals surface area contributed by atoms with Crippen molar-refractivity contribution in [1.82, 2.24) is 4.90 Å². The zero-order chi connectivity index (χ0) is 19.7. The number of rotatable bonds is 4. The van der Waals surface area contributed by atoms with Gasteiger partial charge in [0.05, 0.1) is 16.8 Å². The number of aryl methyl sites for hydroxylation is 1. The van der Waals surface area contributed by atoms with Crippen molar-refractivity contribution in [3.63, 3.8) is 0 Å². The fraction of sp³-hybridized carbons (Fsp3) is 0.450. The van der Waals surface area contributed by atoms with Gasteiger partial charge in [-0.3, -0.25) is 29.4 Å². The van der Waals surface area contributed by atoms with Crippen LogP contribution in [0.4, 0.5) is 11.4 Å². The SMILES string of the molecule is Cc1ccc(NC(=O)CN2C(=O)[C@@H]3[C@H]4C=C[C@@H]([C@@H]5C[C@@H]45)[C@H]3C2=O)cc1[N+](=O)[O-]. The van der Waals surface area contributed by atoms with Gasteiger partial charge >= 0.3 is 0 Å². The summed E-state index contributed by atoms with van der Waals surface area (Å²) in [5, 5.41) is 13.6. The number of likely N-dealkylation sites (tertiary alicyclic amines) is 1. The Labute approximate surface area is 160 Å². The molecule has 0 aromatic heterocycles. The Morgan fingerprint density at radius 3 is 2.36 bits per heavy atom. The molecular formula is C20H19N3O5. The Kier molecular flexibility index (Phi) is 3.50. The molecule has 6 rings (SSSR count). The molecule has 1 saturated heterocycles. The van der Waals surface area contributed by atoms with Gasteiger partial charge in [-0.15, -0.1) is 0 Å². The van der Waals surface area contributed by atoms with Crippen molar-refractivity contribution in [2.75, 3.05) is 11.9 Å². The maximum Gasteiger partial charge on any atom is 0.274 e. The quantitative estimate of drug-likeness (QED) is 0.371. The van der Waals surface area contributed by atoms with Crippen LogP contribution in [0.5, 0.6) is 0 Å². The van der Waals surface area contributed by atoms with Crippen molar-refractivity contribution in [1.29, 1.82) is 0 Å². The zero-order valence-electron chi connectivity index (χ0n) is 15.2. The van der Waals surface area contributed by atoms with E-state index in [1.54, 1.807) is 19.1 Å². The fourth-order valence-electron chi connectivity index (χ4n) is 5.40. The van der Waals surface area contributed by atoms with Crippen LogP contribution in [0.1, 0.15) is 12.0 Å². The van der Waals surface area contributed by atoms with E-state index in [1.165, 1.54) is 6.07 Å². The van der Waals surface area contributed by atoms with Crippen molar-refractivity contribution in [3.8, 4) is 0 Å². The van der Waals surface area contributed by atoms with Gasteiger partial charge in [-0.1, -0.05) is 18.2 Å². The van der Waals surface area contributed by atoms with Crippen LogP contribution in [0, 0.1) is 52.5 Å². The van der Waals surface area contributed by atoms with Crippen LogP contribution in [0.2, 0.25) is 0 Å². The Hall–Kier alpha value is -3.03. The average Bonchev–Trinajstić information content (AvgIpc) is 3.44. The minimum atomic E-state index is -0.538. The third-order valence-corrected chi connectivity index (χ3v) is 6.75. The summed E-state index contributed by atoms with van der Waals surface area (Å²) >= 11 is 0. The first-order valence-electron chi connectivity index (χ1n) is 9.45. The van der Waals surface area contributed by atoms with Gasteiger partial charge in [-0.05, 0) is 43.1 Å². The molecule has 1 heterocycles. The lowest BCUT2D eigenvalue weighted by molar-refractivity contribution is -0.385. The first kappa shape index (κ1) is 17.1. The predicted octanol–water partition coefficient (Wildman–Crippen LogP) is 1.89. The molecule has 2 saturated carbocycles. The Balaban J connectivity index is 1.31. The van der Waals surface area contributed by atoms with Crippen molar-refractivity contribution >= 4 is 29.1 Å². The molecule has 1 aromatic carbocycles. The van der Waals surface area contributed by atoms with Gasteiger partial charge in [0, 0.05) is 17.3 Å². The number of hydrogen-bond donors (Lipinski definition) is 1. The maximum atomic E-state index is 12.9. The summed E-state index contributed by atoms with van der Waals surface area (Å²) < 4.78 is 0. The molecule has 0 spiro atoms. The van der Waals surface area contributed by atoms with Crippen LogP contribution in [-0.2, 0) is 14.4 Å². The Morgan fingerprint density at radius 1 is 1.18 bits per heavy atom. The van der Waals surface area contributed by atoms with Gasteiger partial charge in [-0.25, -0.2) is 0 Å². The highest BCUT2D eigenvalue weighted by Gasteiger charge is 2.67. The zero-order valence-corrected chi connectivity index (χ0v) is 15.2. The summed E-state index contributed by atoms with van der Waals surface area (Å²) in [6.45, 7) is 1.25. The molecule has 0 unspecified atom stereocenters. The average molecular weight is 381 g/mol. The summed E-state index contributed by atoms with van der Waals surface area (Å²) in [6, 6.07) is 4.38. The molecule has 1 N–H and O–H groups in total. The number of hydrogen-bond acceptors (Lipinski definition) is 5. The molecule has 3 amide bonds. The van der Waals surface area contributed by atoms with E-state index in [-0.39, 0.29) is 53.4 Å². The van der Waals surface area contributed by atoms with Crippen molar-refractivity contribution < 1.29 is 19.3 Å². The van der Waals surface area contributed by atoms with E-state index in [9.17, 15) is 24.5 Å². The second kappa shape index (κ2) is 5.73. The van der Waals surface area contributed by atoms with Crippen LogP contribution < -0.4 is 5.32 Å². The Bertz CT molecular complexity index is 935. The molecular weight excluding hydrogens is 362 g/mol. The van der Waals surface area contributed by atoms with E-state index in [0.717, 1.165) is 11.3 Å². The van der Waals surface area contributed by atoms with Crippen LogP contribution in [0.3, 0.4) is 0 Å². The van der Waals surface area contributed by atoms with Gasteiger partial charge in [0.1, 0.15) is 6.54 Å². The van der Waals surface area contributed by atoms with Crippen molar-refractivity contribution in [2.45, 2.75) is 13.3 Å². The standard InChI is InChI=1S/C20H19N3O5/c1-9-2-3-10(6-15(9)23(27)28)21-16(24)8-22-19(25)17-11-4-5-12(14-7-13(11)14)18(17)20(22)26/h2-6,11-14,17-18H,7-8H2,1H3,(H,21,24)/t11-,12-,13-,14-,17+,18+/m0/s1. The number of carbonyl (C=O) groups is 3. The number of nitro groups is 1.